The normalized spacial score (nSPS) is 14.2. The van der Waals surface area contributed by atoms with Gasteiger partial charge in [-0.1, -0.05) is 38.7 Å². The molecule has 0 saturated carbocycles. The Labute approximate surface area is 110 Å². The third-order valence-electron chi connectivity index (χ3n) is 2.30. The van der Waals surface area contributed by atoms with E-state index >= 15 is 0 Å². The zero-order valence-corrected chi connectivity index (χ0v) is 13.3. The molecule has 0 amide bonds. The molecule has 1 nitrogen and oxygen atoms in total. The van der Waals surface area contributed by atoms with Crippen LogP contribution in [0.2, 0.25) is 19.6 Å². The molecule has 0 aliphatic rings. The maximum Gasteiger partial charge on any atom is 0.109 e. The number of hydrogen-bond donors (Lipinski definition) is 0. The smallest absolute Gasteiger partial charge is 0.109 e. The van der Waals surface area contributed by atoms with E-state index < -0.39 is 7.22 Å². The van der Waals surface area contributed by atoms with Gasteiger partial charge < -0.3 is 0 Å². The summed E-state index contributed by atoms with van der Waals surface area (Å²) in [7, 11) is -1.06. The van der Waals surface area contributed by atoms with Crippen molar-refractivity contribution in [1.82, 2.24) is 0 Å². The summed E-state index contributed by atoms with van der Waals surface area (Å²) < 4.78 is 0. The minimum atomic E-state index is -1.06. The van der Waals surface area contributed by atoms with Crippen LogP contribution < -0.4 is 0 Å². The Kier molecular flexibility index (Phi) is 5.47. The zero-order valence-electron chi connectivity index (χ0n) is 11.5. The molecule has 1 rings (SSSR count). The highest BCUT2D eigenvalue weighted by Gasteiger charge is 2.18. The van der Waals surface area contributed by atoms with Gasteiger partial charge in [-0.25, -0.2) is 0 Å². The van der Waals surface area contributed by atoms with Gasteiger partial charge in [0.15, 0.2) is 0 Å². The van der Waals surface area contributed by atoms with Crippen LogP contribution in [-0.2, 0) is 0 Å². The molecule has 1 atom stereocenters. The van der Waals surface area contributed by atoms with Gasteiger partial charge in [0.2, 0.25) is 0 Å². The topological polar surface area (TPSA) is 12.4 Å². The number of hydrogen-bond acceptors (Lipinski definition) is 2. The molecule has 0 heterocycles. The first-order valence-electron chi connectivity index (χ1n) is 6.19. The van der Waals surface area contributed by atoms with Crippen LogP contribution >= 0.6 is 11.2 Å². The maximum absolute atomic E-state index is 4.60. The molecule has 17 heavy (non-hydrogen) atoms. The standard InChI is InChI=1S/C14H23NSSi/c1-6-14(16-17(3,4)5)11-15-13-9-7-8-12(2)10-13/h7-11,14H,6H2,1-5H3/b15-11+. The van der Waals surface area contributed by atoms with E-state index in [-0.39, 0.29) is 0 Å². The molecule has 0 aliphatic carbocycles. The van der Waals surface area contributed by atoms with Crippen LogP contribution in [-0.4, -0.2) is 18.7 Å². The fourth-order valence-corrected chi connectivity index (χ4v) is 6.15. The van der Waals surface area contributed by atoms with E-state index in [0.717, 1.165) is 12.1 Å². The van der Waals surface area contributed by atoms with Crippen LogP contribution in [0.1, 0.15) is 18.9 Å². The van der Waals surface area contributed by atoms with Crippen LogP contribution in [0.5, 0.6) is 0 Å². The molecule has 1 aromatic rings. The molecular weight excluding hydrogens is 242 g/mol. The molecule has 3 heteroatoms. The molecule has 0 radical (unpaired) electrons. The molecule has 1 unspecified atom stereocenters. The molecule has 0 spiro atoms. The van der Waals surface area contributed by atoms with Gasteiger partial charge in [-0.15, -0.1) is 0 Å². The molecule has 0 bridgehead atoms. The lowest BCUT2D eigenvalue weighted by Gasteiger charge is -2.20. The number of aryl methyl sites for hydroxylation is 1. The van der Waals surface area contributed by atoms with Gasteiger partial charge >= 0.3 is 0 Å². The highest BCUT2D eigenvalue weighted by molar-refractivity contribution is 8.29. The average Bonchev–Trinajstić information content (AvgIpc) is 2.23. The van der Waals surface area contributed by atoms with Gasteiger partial charge in [0.05, 0.1) is 5.69 Å². The van der Waals surface area contributed by atoms with E-state index in [9.17, 15) is 0 Å². The van der Waals surface area contributed by atoms with E-state index in [1.165, 1.54) is 5.56 Å². The Hall–Kier alpha value is -0.543. The van der Waals surface area contributed by atoms with Gasteiger partial charge in [-0.3, -0.25) is 4.99 Å². The third kappa shape index (κ3) is 6.08. The lowest BCUT2D eigenvalue weighted by Crippen LogP contribution is -2.20. The second-order valence-electron chi connectivity index (χ2n) is 5.29. The molecule has 0 aromatic heterocycles. The van der Waals surface area contributed by atoms with Crippen LogP contribution in [0.4, 0.5) is 5.69 Å². The fraction of sp³-hybridized carbons (Fsp3) is 0.500. The van der Waals surface area contributed by atoms with Crippen molar-refractivity contribution in [2.75, 3.05) is 0 Å². The van der Waals surface area contributed by atoms with Gasteiger partial charge in [0, 0.05) is 11.5 Å². The first-order chi connectivity index (χ1) is 7.90. The third-order valence-corrected chi connectivity index (χ3v) is 6.79. The first-order valence-corrected chi connectivity index (χ1v) is 11.3. The molecule has 0 fully saturated rings. The van der Waals surface area contributed by atoms with Crippen molar-refractivity contribution in [3.8, 4) is 0 Å². The second-order valence-corrected chi connectivity index (χ2v) is 14.7. The summed E-state index contributed by atoms with van der Waals surface area (Å²) in [5.74, 6) is 0. The van der Waals surface area contributed by atoms with E-state index in [0.29, 0.717) is 5.25 Å². The van der Waals surface area contributed by atoms with Gasteiger partial charge in [-0.2, -0.15) is 11.2 Å². The summed E-state index contributed by atoms with van der Waals surface area (Å²) in [6, 6.07) is 8.36. The average molecular weight is 265 g/mol. The zero-order chi connectivity index (χ0) is 12.9. The van der Waals surface area contributed by atoms with Gasteiger partial charge in [0.25, 0.3) is 0 Å². The molecule has 94 valence electrons. The van der Waals surface area contributed by atoms with Crippen molar-refractivity contribution in [3.63, 3.8) is 0 Å². The second kappa shape index (κ2) is 6.41. The SMILES string of the molecule is CCC(/C=N/c1cccc(C)c1)S[Si](C)(C)C. The summed E-state index contributed by atoms with van der Waals surface area (Å²) in [5.41, 5.74) is 2.34. The lowest BCUT2D eigenvalue weighted by atomic mass is 10.2. The van der Waals surface area contributed by atoms with E-state index in [4.69, 9.17) is 0 Å². The van der Waals surface area contributed by atoms with Crippen LogP contribution in [0, 0.1) is 6.92 Å². The van der Waals surface area contributed by atoms with Crippen molar-refractivity contribution >= 4 is 30.3 Å². The number of aliphatic imine (C=N–C) groups is 1. The van der Waals surface area contributed by atoms with Crippen LogP contribution in [0.25, 0.3) is 0 Å². The van der Waals surface area contributed by atoms with Crippen molar-refractivity contribution in [2.24, 2.45) is 4.99 Å². The Bertz CT molecular complexity index is 382. The van der Waals surface area contributed by atoms with Gasteiger partial charge in [0.1, 0.15) is 7.22 Å². The largest absolute Gasteiger partial charge is 0.260 e. The number of nitrogens with zero attached hydrogens (tertiary/aromatic N) is 1. The van der Waals surface area contributed by atoms with E-state index in [1.54, 1.807) is 0 Å². The van der Waals surface area contributed by atoms with Crippen molar-refractivity contribution in [1.29, 1.82) is 0 Å². The Balaban J connectivity index is 2.68. The summed E-state index contributed by atoms with van der Waals surface area (Å²) in [6.45, 7) is 11.5. The molecule has 0 saturated heterocycles. The predicted octanol–water partition coefficient (Wildman–Crippen LogP) is 5.04. The molecule has 1 aromatic carbocycles. The number of rotatable bonds is 5. The summed E-state index contributed by atoms with van der Waals surface area (Å²) in [5, 5.41) is 0.558. The monoisotopic (exact) mass is 265 g/mol. The Morgan fingerprint density at radius 3 is 2.59 bits per heavy atom. The minimum absolute atomic E-state index is 0.558. The van der Waals surface area contributed by atoms with Crippen molar-refractivity contribution in [2.45, 2.75) is 45.2 Å². The van der Waals surface area contributed by atoms with E-state index in [1.807, 2.05) is 0 Å². The first kappa shape index (κ1) is 14.5. The van der Waals surface area contributed by atoms with Crippen molar-refractivity contribution in [3.05, 3.63) is 29.8 Å². The Morgan fingerprint density at radius 2 is 2.06 bits per heavy atom. The predicted molar refractivity (Wildman–Crippen MR) is 84.3 cm³/mol. The molecule has 0 aliphatic heterocycles. The molecular formula is C14H23NSSi. The maximum atomic E-state index is 4.60. The summed E-state index contributed by atoms with van der Waals surface area (Å²) >= 11 is 2.11. The highest BCUT2D eigenvalue weighted by atomic mass is 32.4. The van der Waals surface area contributed by atoms with E-state index in [2.05, 4.69) is 80.2 Å². The Morgan fingerprint density at radius 1 is 1.35 bits per heavy atom. The minimum Gasteiger partial charge on any atom is -0.260 e. The summed E-state index contributed by atoms with van der Waals surface area (Å²) in [4.78, 5) is 4.60. The molecule has 0 N–H and O–H groups in total. The lowest BCUT2D eigenvalue weighted by molar-refractivity contribution is 1.03. The van der Waals surface area contributed by atoms with Crippen molar-refractivity contribution < 1.29 is 0 Å². The van der Waals surface area contributed by atoms with Gasteiger partial charge in [-0.05, 0) is 31.0 Å². The fourth-order valence-electron chi connectivity index (χ4n) is 1.55. The summed E-state index contributed by atoms with van der Waals surface area (Å²) in [6.07, 6.45) is 3.28. The highest BCUT2D eigenvalue weighted by Crippen LogP contribution is 2.26. The number of benzene rings is 1. The van der Waals surface area contributed by atoms with Crippen LogP contribution in [0.3, 0.4) is 0 Å². The quantitative estimate of drug-likeness (QED) is 0.536. The van der Waals surface area contributed by atoms with Crippen LogP contribution in [0.15, 0.2) is 29.3 Å².